The van der Waals surface area contributed by atoms with Crippen LogP contribution in [0.15, 0.2) is 0 Å². The molecular formula is C18H34N2O2. The molecule has 1 saturated heterocycles. The number of amides is 1. The van der Waals surface area contributed by atoms with Crippen molar-refractivity contribution in [2.45, 2.75) is 90.3 Å². The predicted octanol–water partition coefficient (Wildman–Crippen LogP) is 3.93. The number of rotatable bonds is 2. The minimum absolute atomic E-state index is 0.0817. The third kappa shape index (κ3) is 4.37. The van der Waals surface area contributed by atoms with Crippen LogP contribution in [0.4, 0.5) is 4.79 Å². The number of carbonyl (C=O) groups is 1. The maximum atomic E-state index is 12.6. The summed E-state index contributed by atoms with van der Waals surface area (Å²) in [6, 6.07) is 0.202. The van der Waals surface area contributed by atoms with Crippen LogP contribution in [0.1, 0.15) is 72.6 Å². The summed E-state index contributed by atoms with van der Waals surface area (Å²) >= 11 is 0. The molecule has 2 rings (SSSR count). The molecule has 4 heteroatoms. The average molecular weight is 310 g/mol. The van der Waals surface area contributed by atoms with Crippen molar-refractivity contribution in [1.82, 2.24) is 4.90 Å². The van der Waals surface area contributed by atoms with Crippen molar-refractivity contribution in [2.24, 2.45) is 17.6 Å². The Morgan fingerprint density at radius 2 is 1.82 bits per heavy atom. The minimum atomic E-state index is -0.447. The summed E-state index contributed by atoms with van der Waals surface area (Å²) in [5.74, 6) is 1.29. The quantitative estimate of drug-likeness (QED) is 0.840. The third-order valence-electron chi connectivity index (χ3n) is 5.26. The molecule has 2 N–H and O–H groups in total. The largest absolute Gasteiger partial charge is 0.444 e. The van der Waals surface area contributed by atoms with Gasteiger partial charge in [-0.2, -0.15) is 0 Å². The molecule has 0 spiro atoms. The molecule has 0 radical (unpaired) electrons. The van der Waals surface area contributed by atoms with Crippen LogP contribution in [0.3, 0.4) is 0 Å². The van der Waals surface area contributed by atoms with Crippen molar-refractivity contribution in [3.8, 4) is 0 Å². The Kier molecular flexibility index (Phi) is 5.76. The number of carbonyl (C=O) groups excluding carboxylic acids is 1. The summed E-state index contributed by atoms with van der Waals surface area (Å²) in [5, 5.41) is 0. The van der Waals surface area contributed by atoms with Gasteiger partial charge in [-0.25, -0.2) is 4.79 Å². The van der Waals surface area contributed by atoms with E-state index in [2.05, 4.69) is 6.92 Å². The smallest absolute Gasteiger partial charge is 0.410 e. The van der Waals surface area contributed by atoms with E-state index in [4.69, 9.17) is 10.5 Å². The molecule has 1 aliphatic heterocycles. The lowest BCUT2D eigenvalue weighted by molar-refractivity contribution is -0.00922. The van der Waals surface area contributed by atoms with Gasteiger partial charge in [-0.15, -0.1) is 0 Å². The van der Waals surface area contributed by atoms with E-state index in [1.54, 1.807) is 0 Å². The summed E-state index contributed by atoms with van der Waals surface area (Å²) < 4.78 is 5.62. The summed E-state index contributed by atoms with van der Waals surface area (Å²) in [7, 11) is 0. The maximum absolute atomic E-state index is 12.6. The molecule has 3 atom stereocenters. The van der Waals surface area contributed by atoms with Gasteiger partial charge in [0.25, 0.3) is 0 Å². The first-order valence-electron chi connectivity index (χ1n) is 9.07. The molecule has 3 unspecified atom stereocenters. The molecule has 0 aromatic rings. The third-order valence-corrected chi connectivity index (χ3v) is 5.26. The molecule has 128 valence electrons. The Labute approximate surface area is 135 Å². The van der Waals surface area contributed by atoms with Crippen molar-refractivity contribution in [3.05, 3.63) is 0 Å². The van der Waals surface area contributed by atoms with E-state index in [9.17, 15) is 4.79 Å². The summed E-state index contributed by atoms with van der Waals surface area (Å²) in [6.07, 6.45) is 8.41. The Bertz CT molecular complexity index is 372. The van der Waals surface area contributed by atoms with Crippen molar-refractivity contribution in [2.75, 3.05) is 6.54 Å². The van der Waals surface area contributed by atoms with Gasteiger partial charge in [0, 0.05) is 18.6 Å². The Balaban J connectivity index is 2.08. The SMILES string of the molecule is CCC1C(N)CC(C2CCCCC2)CN1C(=O)OC(C)(C)C. The Hall–Kier alpha value is -0.770. The molecule has 0 aromatic heterocycles. The fraction of sp³-hybridized carbons (Fsp3) is 0.944. The monoisotopic (exact) mass is 310 g/mol. The molecule has 4 nitrogen and oxygen atoms in total. The fourth-order valence-electron chi connectivity index (χ4n) is 4.20. The van der Waals surface area contributed by atoms with E-state index in [1.807, 2.05) is 25.7 Å². The molecule has 22 heavy (non-hydrogen) atoms. The zero-order valence-corrected chi connectivity index (χ0v) is 14.8. The van der Waals surface area contributed by atoms with E-state index in [0.717, 1.165) is 25.3 Å². The second-order valence-electron chi connectivity index (χ2n) is 8.17. The van der Waals surface area contributed by atoms with Gasteiger partial charge in [-0.05, 0) is 45.4 Å². The molecule has 2 fully saturated rings. The first-order valence-corrected chi connectivity index (χ1v) is 9.07. The molecule has 1 saturated carbocycles. The molecule has 2 aliphatic rings. The van der Waals surface area contributed by atoms with Gasteiger partial charge < -0.3 is 15.4 Å². The van der Waals surface area contributed by atoms with Crippen LogP contribution in [-0.4, -0.2) is 35.2 Å². The average Bonchev–Trinajstić information content (AvgIpc) is 2.45. The first kappa shape index (κ1) is 17.6. The van der Waals surface area contributed by atoms with E-state index in [1.165, 1.54) is 32.1 Å². The lowest BCUT2D eigenvalue weighted by atomic mass is 9.74. The van der Waals surface area contributed by atoms with Crippen LogP contribution in [-0.2, 0) is 4.74 Å². The van der Waals surface area contributed by atoms with Gasteiger partial charge in [0.05, 0.1) is 0 Å². The Morgan fingerprint density at radius 1 is 1.18 bits per heavy atom. The molecule has 0 aromatic carbocycles. The lowest BCUT2D eigenvalue weighted by Crippen LogP contribution is -2.58. The Morgan fingerprint density at radius 3 is 2.36 bits per heavy atom. The highest BCUT2D eigenvalue weighted by Crippen LogP contribution is 2.37. The summed E-state index contributed by atoms with van der Waals surface area (Å²) in [5.41, 5.74) is 5.98. The summed E-state index contributed by atoms with van der Waals surface area (Å²) in [6.45, 7) is 8.71. The van der Waals surface area contributed by atoms with Gasteiger partial charge in [0.1, 0.15) is 5.60 Å². The van der Waals surface area contributed by atoms with Gasteiger partial charge in [-0.3, -0.25) is 0 Å². The van der Waals surface area contributed by atoms with E-state index >= 15 is 0 Å². The number of likely N-dealkylation sites (tertiary alicyclic amines) is 1. The molecule has 1 heterocycles. The topological polar surface area (TPSA) is 55.6 Å². The number of piperidine rings is 1. The van der Waals surface area contributed by atoms with Gasteiger partial charge in [0.2, 0.25) is 0 Å². The minimum Gasteiger partial charge on any atom is -0.444 e. The highest BCUT2D eigenvalue weighted by atomic mass is 16.6. The van der Waals surface area contributed by atoms with Gasteiger partial charge in [-0.1, -0.05) is 39.0 Å². The van der Waals surface area contributed by atoms with E-state index in [-0.39, 0.29) is 18.2 Å². The molecule has 0 bridgehead atoms. The second-order valence-corrected chi connectivity index (χ2v) is 8.17. The molecular weight excluding hydrogens is 276 g/mol. The zero-order chi connectivity index (χ0) is 16.3. The predicted molar refractivity (Wildman–Crippen MR) is 89.7 cm³/mol. The van der Waals surface area contributed by atoms with Gasteiger partial charge in [0.15, 0.2) is 0 Å². The van der Waals surface area contributed by atoms with Crippen LogP contribution >= 0.6 is 0 Å². The van der Waals surface area contributed by atoms with Crippen LogP contribution in [0.25, 0.3) is 0 Å². The van der Waals surface area contributed by atoms with Gasteiger partial charge >= 0.3 is 6.09 Å². The zero-order valence-electron chi connectivity index (χ0n) is 14.8. The van der Waals surface area contributed by atoms with Crippen molar-refractivity contribution < 1.29 is 9.53 Å². The highest BCUT2D eigenvalue weighted by molar-refractivity contribution is 5.69. The normalized spacial score (nSPS) is 31.1. The van der Waals surface area contributed by atoms with Crippen molar-refractivity contribution >= 4 is 6.09 Å². The van der Waals surface area contributed by atoms with Crippen molar-refractivity contribution in [1.29, 1.82) is 0 Å². The highest BCUT2D eigenvalue weighted by Gasteiger charge is 2.40. The fourth-order valence-corrected chi connectivity index (χ4v) is 4.20. The lowest BCUT2D eigenvalue weighted by Gasteiger charge is -2.46. The summed E-state index contributed by atoms with van der Waals surface area (Å²) in [4.78, 5) is 14.5. The van der Waals surface area contributed by atoms with E-state index in [0.29, 0.717) is 5.92 Å². The number of ether oxygens (including phenoxy) is 1. The second kappa shape index (κ2) is 7.20. The standard InChI is InChI=1S/C18H34N2O2/c1-5-16-15(19)11-14(13-9-7-6-8-10-13)12-20(16)17(21)22-18(2,3)4/h13-16H,5-12,19H2,1-4H3. The number of hydrogen-bond donors (Lipinski definition) is 1. The van der Waals surface area contributed by atoms with Crippen LogP contribution in [0.2, 0.25) is 0 Å². The van der Waals surface area contributed by atoms with Crippen LogP contribution < -0.4 is 5.73 Å². The number of nitrogens with zero attached hydrogens (tertiary/aromatic N) is 1. The van der Waals surface area contributed by atoms with Crippen molar-refractivity contribution in [3.63, 3.8) is 0 Å². The number of nitrogens with two attached hydrogens (primary N) is 1. The van der Waals surface area contributed by atoms with Crippen LogP contribution in [0.5, 0.6) is 0 Å². The van der Waals surface area contributed by atoms with E-state index < -0.39 is 5.60 Å². The maximum Gasteiger partial charge on any atom is 0.410 e. The first-order chi connectivity index (χ1) is 10.3. The van der Waals surface area contributed by atoms with Crippen LogP contribution in [0, 0.1) is 11.8 Å². The molecule has 1 aliphatic carbocycles. The molecule has 1 amide bonds. The number of hydrogen-bond acceptors (Lipinski definition) is 3.